The Morgan fingerprint density at radius 2 is 1.48 bits per heavy atom. The molecular formula is C25H29N2O2+. The van der Waals surface area contributed by atoms with E-state index in [0.717, 1.165) is 36.7 Å². The normalized spacial score (nSPS) is 12.4. The molecule has 4 heteroatoms. The summed E-state index contributed by atoms with van der Waals surface area (Å²) in [6.07, 6.45) is 1.70. The lowest BCUT2D eigenvalue weighted by Crippen LogP contribution is -2.77. The Hall–Kier alpha value is -3.27. The molecule has 0 amide bonds. The molecule has 0 heterocycles. The van der Waals surface area contributed by atoms with Crippen molar-refractivity contribution in [1.29, 1.82) is 0 Å². The third-order valence-electron chi connectivity index (χ3n) is 5.05. The molecule has 0 aliphatic heterocycles. The molecule has 0 aliphatic rings. The van der Waals surface area contributed by atoms with E-state index in [0.29, 0.717) is 0 Å². The second-order valence-corrected chi connectivity index (χ2v) is 6.97. The molecule has 1 atom stereocenters. The largest absolute Gasteiger partial charge is 0.493 e. The number of benzene rings is 3. The van der Waals surface area contributed by atoms with Crippen molar-refractivity contribution in [3.8, 4) is 11.5 Å². The van der Waals surface area contributed by atoms with Crippen LogP contribution in [0, 0.1) is 0 Å². The van der Waals surface area contributed by atoms with Crippen LogP contribution >= 0.6 is 0 Å². The van der Waals surface area contributed by atoms with Gasteiger partial charge in [0.2, 0.25) is 5.84 Å². The molecule has 3 aromatic rings. The molecule has 0 radical (unpaired) electrons. The lowest BCUT2D eigenvalue weighted by molar-refractivity contribution is -0.459. The maximum Gasteiger partial charge on any atom is 0.248 e. The number of nitrogens with two attached hydrogens (primary N) is 1. The first-order valence-electron chi connectivity index (χ1n) is 9.87. The molecular weight excluding hydrogens is 360 g/mol. The van der Waals surface area contributed by atoms with Crippen LogP contribution < -0.4 is 20.2 Å². The molecule has 0 fully saturated rings. The molecule has 4 nitrogen and oxygen atoms in total. The molecule has 0 bridgehead atoms. The number of nitrogens with one attached hydrogen (secondary N) is 1. The summed E-state index contributed by atoms with van der Waals surface area (Å²) in [7, 11) is 3.30. The monoisotopic (exact) mass is 389 g/mol. The summed E-state index contributed by atoms with van der Waals surface area (Å²) in [4.78, 5) is 3.44. The van der Waals surface area contributed by atoms with Crippen LogP contribution in [0.5, 0.6) is 11.5 Å². The molecule has 3 N–H and O–H groups in total. The fraction of sp³-hybridized carbons (Fsp3) is 0.240. The molecule has 3 aromatic carbocycles. The number of hydrogen-bond donors (Lipinski definition) is 2. The van der Waals surface area contributed by atoms with Crippen LogP contribution in [-0.2, 0) is 12.8 Å². The van der Waals surface area contributed by atoms with E-state index in [1.54, 1.807) is 14.2 Å². The highest BCUT2D eigenvalue weighted by atomic mass is 16.5. The summed E-state index contributed by atoms with van der Waals surface area (Å²) in [5.41, 5.74) is 10.2. The predicted octanol–water partition coefficient (Wildman–Crippen LogP) is 2.71. The lowest BCUT2D eigenvalue weighted by atomic mass is 9.91. The van der Waals surface area contributed by atoms with E-state index in [2.05, 4.69) is 59.6 Å². The van der Waals surface area contributed by atoms with E-state index in [4.69, 9.17) is 15.2 Å². The molecule has 0 spiro atoms. The lowest BCUT2D eigenvalue weighted by Gasteiger charge is -2.14. The molecule has 0 saturated heterocycles. The Labute approximate surface area is 173 Å². The van der Waals surface area contributed by atoms with Gasteiger partial charge in [-0.15, -0.1) is 0 Å². The van der Waals surface area contributed by atoms with E-state index in [1.807, 2.05) is 24.3 Å². The van der Waals surface area contributed by atoms with Crippen molar-refractivity contribution in [2.45, 2.75) is 18.8 Å². The smallest absolute Gasteiger partial charge is 0.248 e. The van der Waals surface area contributed by atoms with Crippen molar-refractivity contribution in [2.24, 2.45) is 5.73 Å². The molecule has 0 aromatic heterocycles. The molecule has 150 valence electrons. The highest BCUT2D eigenvalue weighted by Crippen LogP contribution is 2.27. The maximum absolute atomic E-state index is 6.52. The van der Waals surface area contributed by atoms with Gasteiger partial charge in [0.05, 0.1) is 26.7 Å². The minimum absolute atomic E-state index is 0.115. The zero-order valence-corrected chi connectivity index (χ0v) is 17.1. The number of amidine groups is 1. The Morgan fingerprint density at radius 3 is 2.14 bits per heavy atom. The first-order chi connectivity index (χ1) is 14.2. The fourth-order valence-electron chi connectivity index (χ4n) is 3.45. The van der Waals surface area contributed by atoms with Gasteiger partial charge in [0.25, 0.3) is 0 Å². The average molecular weight is 390 g/mol. The van der Waals surface area contributed by atoms with Gasteiger partial charge in [0.1, 0.15) is 0 Å². The second kappa shape index (κ2) is 10.3. The van der Waals surface area contributed by atoms with E-state index in [1.165, 1.54) is 16.7 Å². The molecule has 29 heavy (non-hydrogen) atoms. The standard InChI is InChI=1S/C25H28N2O2/c1-28-23-14-13-20(18-24(23)29-2)15-16-27-25(26)22(21-11-7-4-8-12-21)17-19-9-5-3-6-10-19/h3-14,18,22H,15-17H2,1-2H3,(H2,26,27)/p+1/t22-/m0/s1. The van der Waals surface area contributed by atoms with Crippen molar-refractivity contribution in [2.75, 3.05) is 20.8 Å². The van der Waals surface area contributed by atoms with Gasteiger partial charge in [-0.3, -0.25) is 10.7 Å². The first-order valence-corrected chi connectivity index (χ1v) is 9.87. The van der Waals surface area contributed by atoms with Crippen molar-refractivity contribution < 1.29 is 14.5 Å². The Bertz CT molecular complexity index is 924. The SMILES string of the molecule is COc1ccc(CC[NH+]=C(N)[C@@H](Cc2ccccc2)c2ccccc2)cc1OC. The summed E-state index contributed by atoms with van der Waals surface area (Å²) < 4.78 is 10.7. The summed E-state index contributed by atoms with van der Waals surface area (Å²) in [5.74, 6) is 2.39. The van der Waals surface area contributed by atoms with Crippen molar-refractivity contribution in [3.05, 3.63) is 95.6 Å². The Kier molecular flexibility index (Phi) is 7.28. The zero-order valence-electron chi connectivity index (χ0n) is 17.1. The second-order valence-electron chi connectivity index (χ2n) is 6.97. The van der Waals surface area contributed by atoms with Crippen molar-refractivity contribution >= 4 is 5.84 Å². The quantitative estimate of drug-likeness (QED) is 0.437. The molecule has 0 unspecified atom stereocenters. The van der Waals surface area contributed by atoms with Gasteiger partial charge < -0.3 is 9.47 Å². The van der Waals surface area contributed by atoms with Gasteiger partial charge in [0.15, 0.2) is 11.5 Å². The topological polar surface area (TPSA) is 58.5 Å². The number of hydrogen-bond acceptors (Lipinski definition) is 2. The fourth-order valence-corrected chi connectivity index (χ4v) is 3.45. The van der Waals surface area contributed by atoms with Gasteiger partial charge >= 0.3 is 0 Å². The summed E-state index contributed by atoms with van der Waals surface area (Å²) in [6.45, 7) is 0.749. The van der Waals surface area contributed by atoms with Gasteiger partial charge in [-0.2, -0.15) is 0 Å². The highest BCUT2D eigenvalue weighted by Gasteiger charge is 2.20. The maximum atomic E-state index is 6.52. The minimum atomic E-state index is 0.115. The predicted molar refractivity (Wildman–Crippen MR) is 118 cm³/mol. The van der Waals surface area contributed by atoms with E-state index >= 15 is 0 Å². The summed E-state index contributed by atoms with van der Waals surface area (Å²) in [5, 5.41) is 0. The van der Waals surface area contributed by atoms with E-state index < -0.39 is 0 Å². The number of methoxy groups -OCH3 is 2. The minimum Gasteiger partial charge on any atom is -0.493 e. The van der Waals surface area contributed by atoms with Gasteiger partial charge in [-0.25, -0.2) is 0 Å². The Morgan fingerprint density at radius 1 is 0.828 bits per heavy atom. The van der Waals surface area contributed by atoms with Crippen LogP contribution in [0.15, 0.2) is 78.9 Å². The van der Waals surface area contributed by atoms with Gasteiger partial charge in [0, 0.05) is 6.42 Å². The van der Waals surface area contributed by atoms with Crippen LogP contribution in [0.3, 0.4) is 0 Å². The van der Waals surface area contributed by atoms with Crippen LogP contribution in [0.25, 0.3) is 0 Å². The van der Waals surface area contributed by atoms with Gasteiger partial charge in [-0.05, 0) is 35.2 Å². The highest BCUT2D eigenvalue weighted by molar-refractivity contribution is 5.82. The van der Waals surface area contributed by atoms with Crippen LogP contribution in [-0.4, -0.2) is 26.6 Å². The third-order valence-corrected chi connectivity index (χ3v) is 5.05. The van der Waals surface area contributed by atoms with Crippen molar-refractivity contribution in [3.63, 3.8) is 0 Å². The van der Waals surface area contributed by atoms with E-state index in [9.17, 15) is 0 Å². The average Bonchev–Trinajstić information content (AvgIpc) is 2.78. The van der Waals surface area contributed by atoms with Crippen LogP contribution in [0.2, 0.25) is 0 Å². The first kappa shape index (κ1) is 20.5. The molecule has 0 aliphatic carbocycles. The Balaban J connectivity index is 1.73. The molecule has 0 saturated carbocycles. The summed E-state index contributed by atoms with van der Waals surface area (Å²) >= 11 is 0. The molecule has 3 rings (SSSR count). The summed E-state index contributed by atoms with van der Waals surface area (Å²) in [6, 6.07) is 26.9. The van der Waals surface area contributed by atoms with Gasteiger partial charge in [-0.1, -0.05) is 66.7 Å². The number of rotatable bonds is 9. The zero-order chi connectivity index (χ0) is 20.5. The van der Waals surface area contributed by atoms with Crippen molar-refractivity contribution in [1.82, 2.24) is 0 Å². The third kappa shape index (κ3) is 5.61. The van der Waals surface area contributed by atoms with Crippen LogP contribution in [0.1, 0.15) is 22.6 Å². The van der Waals surface area contributed by atoms with Crippen LogP contribution in [0.4, 0.5) is 0 Å². The number of ether oxygens (including phenoxy) is 2. The van der Waals surface area contributed by atoms with E-state index in [-0.39, 0.29) is 5.92 Å².